The maximum absolute atomic E-state index is 13.0. The van der Waals surface area contributed by atoms with Crippen LogP contribution in [-0.2, 0) is 14.3 Å². The molecule has 0 saturated carbocycles. The van der Waals surface area contributed by atoms with Gasteiger partial charge in [0.25, 0.3) is 0 Å². The van der Waals surface area contributed by atoms with Crippen molar-refractivity contribution in [1.82, 2.24) is 4.90 Å². The Hall–Kier alpha value is -2.65. The van der Waals surface area contributed by atoms with Crippen LogP contribution in [-0.4, -0.2) is 48.7 Å². The van der Waals surface area contributed by atoms with Crippen molar-refractivity contribution in [1.29, 1.82) is 0 Å². The van der Waals surface area contributed by atoms with Crippen LogP contribution >= 0.6 is 22.6 Å². The quantitative estimate of drug-likeness (QED) is 0.178. The Morgan fingerprint density at radius 3 is 2.61 bits per heavy atom. The van der Waals surface area contributed by atoms with Gasteiger partial charge in [-0.15, -0.1) is 0 Å². The van der Waals surface area contributed by atoms with Crippen LogP contribution < -0.4 is 4.74 Å². The Balaban J connectivity index is 1.46. The number of allylic oxidation sites excluding steroid dienone is 2. The number of ether oxygens (including phenoxy) is 2. The van der Waals surface area contributed by atoms with Crippen LogP contribution in [0.15, 0.2) is 53.6 Å². The molecular formula is C31H34INO5. The highest BCUT2D eigenvalue weighted by molar-refractivity contribution is 14.1. The number of phenols is 1. The van der Waals surface area contributed by atoms with Crippen molar-refractivity contribution in [3.63, 3.8) is 0 Å². The predicted octanol–water partition coefficient (Wildman–Crippen LogP) is 5.93. The standard InChI is InChI=1S/C31H34INO5/c1-17(2)21-15-22-28(31(36)33(3)30(22)35)23-16-38-25(27(21)23)11-10-20(19-8-6-5-7-9-19)12-18-13-24(32)29(34)26(14-18)37-4/h5-9,12-14,17,22-23,25,28,34H,10-11,15-16H2,1-4H3/b20-12-/t22-,23+,25-,28-/m1/s1. The second kappa shape index (κ2) is 10.8. The van der Waals surface area contributed by atoms with Gasteiger partial charge in [0, 0.05) is 13.0 Å². The summed E-state index contributed by atoms with van der Waals surface area (Å²) < 4.78 is 12.5. The van der Waals surface area contributed by atoms with E-state index in [9.17, 15) is 14.7 Å². The van der Waals surface area contributed by atoms with Gasteiger partial charge in [-0.3, -0.25) is 14.5 Å². The van der Waals surface area contributed by atoms with Crippen molar-refractivity contribution in [3.8, 4) is 11.5 Å². The fourth-order valence-corrected chi connectivity index (χ4v) is 7.01. The Labute approximate surface area is 237 Å². The molecular weight excluding hydrogens is 593 g/mol. The van der Waals surface area contributed by atoms with Gasteiger partial charge in [0.15, 0.2) is 11.5 Å². The molecule has 0 radical (unpaired) electrons. The molecule has 3 aliphatic rings. The number of methoxy groups -OCH3 is 1. The predicted molar refractivity (Wildman–Crippen MR) is 155 cm³/mol. The lowest BCUT2D eigenvalue weighted by atomic mass is 9.67. The van der Waals surface area contributed by atoms with Crippen LogP contribution in [0.25, 0.3) is 11.6 Å². The first-order chi connectivity index (χ1) is 18.2. The number of phenolic OH excluding ortho intramolecular Hbond substituents is 1. The summed E-state index contributed by atoms with van der Waals surface area (Å²) in [6.45, 7) is 4.84. The van der Waals surface area contributed by atoms with Crippen LogP contribution in [0.1, 0.15) is 44.2 Å². The van der Waals surface area contributed by atoms with Gasteiger partial charge in [-0.2, -0.15) is 0 Å². The maximum atomic E-state index is 13.0. The van der Waals surface area contributed by atoms with E-state index in [1.54, 1.807) is 14.2 Å². The number of fused-ring (bicyclic) bond motifs is 3. The molecule has 1 N–H and O–H groups in total. The molecule has 0 unspecified atom stereocenters. The molecule has 5 rings (SSSR count). The molecule has 0 bridgehead atoms. The summed E-state index contributed by atoms with van der Waals surface area (Å²) in [5.74, 6) is 0.197. The summed E-state index contributed by atoms with van der Waals surface area (Å²) in [4.78, 5) is 27.2. The van der Waals surface area contributed by atoms with E-state index < -0.39 is 0 Å². The van der Waals surface area contributed by atoms with Gasteiger partial charge >= 0.3 is 0 Å². The Morgan fingerprint density at radius 1 is 1.18 bits per heavy atom. The molecule has 6 nitrogen and oxygen atoms in total. The van der Waals surface area contributed by atoms with Crippen molar-refractivity contribution in [2.75, 3.05) is 20.8 Å². The van der Waals surface area contributed by atoms with E-state index in [0.29, 0.717) is 24.7 Å². The minimum absolute atomic E-state index is 0.0235. The molecule has 2 saturated heterocycles. The lowest BCUT2D eigenvalue weighted by Gasteiger charge is -2.33. The summed E-state index contributed by atoms with van der Waals surface area (Å²) in [6, 6.07) is 14.1. The molecule has 1 aliphatic carbocycles. The van der Waals surface area contributed by atoms with Crippen LogP contribution in [0.4, 0.5) is 0 Å². The number of carbonyl (C=O) groups excluding carboxylic acids is 2. The fourth-order valence-electron chi connectivity index (χ4n) is 6.39. The minimum Gasteiger partial charge on any atom is -0.504 e. The van der Waals surface area contributed by atoms with E-state index in [2.05, 4.69) is 54.6 Å². The number of aromatic hydroxyl groups is 1. The van der Waals surface area contributed by atoms with Gasteiger partial charge in [0.05, 0.1) is 35.2 Å². The third-order valence-electron chi connectivity index (χ3n) is 8.29. The largest absolute Gasteiger partial charge is 0.504 e. The van der Waals surface area contributed by atoms with Crippen molar-refractivity contribution < 1.29 is 24.2 Å². The molecule has 2 aromatic rings. The lowest BCUT2D eigenvalue weighted by molar-refractivity contribution is -0.138. The van der Waals surface area contributed by atoms with E-state index in [4.69, 9.17) is 9.47 Å². The van der Waals surface area contributed by atoms with Crippen molar-refractivity contribution in [2.45, 2.75) is 39.2 Å². The van der Waals surface area contributed by atoms with Gasteiger partial charge in [0.1, 0.15) is 0 Å². The van der Waals surface area contributed by atoms with Gasteiger partial charge in [-0.1, -0.05) is 55.8 Å². The number of likely N-dealkylation sites (tertiary alicyclic amines) is 1. The Morgan fingerprint density at radius 2 is 1.92 bits per heavy atom. The van der Waals surface area contributed by atoms with Gasteiger partial charge in [-0.25, -0.2) is 0 Å². The second-order valence-corrected chi connectivity index (χ2v) is 11.9. The molecule has 2 aromatic carbocycles. The number of amides is 2. The number of hydrogen-bond acceptors (Lipinski definition) is 5. The third kappa shape index (κ3) is 4.79. The first-order valence-electron chi connectivity index (χ1n) is 13.2. The van der Waals surface area contributed by atoms with Crippen molar-refractivity contribution >= 4 is 46.1 Å². The zero-order chi connectivity index (χ0) is 27.1. The number of benzene rings is 2. The Bertz CT molecular complexity index is 1320. The average Bonchev–Trinajstić information content (AvgIpc) is 3.43. The molecule has 0 aromatic heterocycles. The first kappa shape index (κ1) is 26.9. The van der Waals surface area contributed by atoms with Gasteiger partial charge in [-0.05, 0) is 82.2 Å². The highest BCUT2D eigenvalue weighted by Gasteiger charge is 2.56. The zero-order valence-electron chi connectivity index (χ0n) is 22.2. The number of rotatable bonds is 7. The van der Waals surface area contributed by atoms with Gasteiger partial charge < -0.3 is 14.6 Å². The summed E-state index contributed by atoms with van der Waals surface area (Å²) in [5.41, 5.74) is 5.79. The number of nitrogens with zero attached hydrogens (tertiary/aromatic N) is 1. The van der Waals surface area contributed by atoms with E-state index in [1.165, 1.54) is 16.0 Å². The van der Waals surface area contributed by atoms with E-state index in [1.807, 2.05) is 30.3 Å². The highest BCUT2D eigenvalue weighted by atomic mass is 127. The smallest absolute Gasteiger partial charge is 0.233 e. The Kier molecular flexibility index (Phi) is 7.69. The summed E-state index contributed by atoms with van der Waals surface area (Å²) in [6.07, 6.45) is 4.28. The molecule has 7 heteroatoms. The van der Waals surface area contributed by atoms with Crippen LogP contribution in [0.5, 0.6) is 11.5 Å². The van der Waals surface area contributed by atoms with Gasteiger partial charge in [0.2, 0.25) is 11.8 Å². The molecule has 4 atom stereocenters. The SMILES string of the molecule is COc1cc(/C=C(/CC[C@H]2OC[C@H]3C2=C(C(C)C)C[C@H]2C(=O)N(C)C(=O)[C@H]23)c2ccccc2)cc(I)c1O. The number of imide groups is 1. The minimum atomic E-state index is -0.300. The number of hydrogen-bond donors (Lipinski definition) is 1. The van der Waals surface area contributed by atoms with Crippen molar-refractivity contribution in [3.05, 3.63) is 68.3 Å². The summed E-state index contributed by atoms with van der Waals surface area (Å²) in [5, 5.41) is 10.3. The molecule has 38 heavy (non-hydrogen) atoms. The molecule has 2 fully saturated rings. The average molecular weight is 628 g/mol. The molecule has 2 aliphatic heterocycles. The lowest BCUT2D eigenvalue weighted by Crippen LogP contribution is -2.34. The molecule has 0 spiro atoms. The monoisotopic (exact) mass is 627 g/mol. The van der Waals surface area contributed by atoms with Crippen LogP contribution in [0.2, 0.25) is 0 Å². The summed E-state index contributed by atoms with van der Waals surface area (Å²) >= 11 is 2.12. The van der Waals surface area contributed by atoms with E-state index in [0.717, 1.165) is 33.1 Å². The highest BCUT2D eigenvalue weighted by Crippen LogP contribution is 2.51. The summed E-state index contributed by atoms with van der Waals surface area (Å²) in [7, 11) is 3.17. The topological polar surface area (TPSA) is 76.1 Å². The van der Waals surface area contributed by atoms with Crippen LogP contribution in [0, 0.1) is 27.2 Å². The number of carbonyl (C=O) groups is 2. The first-order valence-corrected chi connectivity index (χ1v) is 14.3. The van der Waals surface area contributed by atoms with E-state index in [-0.39, 0.29) is 41.4 Å². The molecule has 2 amide bonds. The molecule has 2 heterocycles. The third-order valence-corrected chi connectivity index (χ3v) is 9.12. The second-order valence-electron chi connectivity index (χ2n) is 10.8. The normalized spacial score (nSPS) is 25.3. The molecule has 200 valence electrons. The zero-order valence-corrected chi connectivity index (χ0v) is 24.4. The maximum Gasteiger partial charge on any atom is 0.233 e. The van der Waals surface area contributed by atoms with E-state index >= 15 is 0 Å². The van der Waals surface area contributed by atoms with Crippen molar-refractivity contribution in [2.24, 2.45) is 23.7 Å². The fraction of sp³-hybridized carbons (Fsp3) is 0.419. The van der Waals surface area contributed by atoms with Crippen LogP contribution in [0.3, 0.4) is 0 Å². The number of halogens is 1.